The fourth-order valence-corrected chi connectivity index (χ4v) is 2.82. The zero-order chi connectivity index (χ0) is 13.0. The Morgan fingerprint density at radius 3 is 2.50 bits per heavy atom. The highest BCUT2D eigenvalue weighted by Crippen LogP contribution is 2.36. The van der Waals surface area contributed by atoms with E-state index in [0.29, 0.717) is 19.3 Å². The summed E-state index contributed by atoms with van der Waals surface area (Å²) >= 11 is 0. The largest absolute Gasteiger partial charge is 0.389 e. The van der Waals surface area contributed by atoms with Gasteiger partial charge in [0.1, 0.15) is 0 Å². The quantitative estimate of drug-likeness (QED) is 0.733. The van der Waals surface area contributed by atoms with Crippen LogP contribution >= 0.6 is 0 Å². The molecule has 2 aliphatic rings. The molecule has 2 fully saturated rings. The fourth-order valence-electron chi connectivity index (χ4n) is 2.82. The molecule has 2 saturated carbocycles. The molecule has 0 amide bonds. The molecule has 0 radical (unpaired) electrons. The van der Waals surface area contributed by atoms with Gasteiger partial charge in [-0.25, -0.2) is 0 Å². The Labute approximate surface area is 111 Å². The lowest BCUT2D eigenvalue weighted by molar-refractivity contribution is -0.0278. The second-order valence-electron chi connectivity index (χ2n) is 6.50. The molecule has 0 heterocycles. The molecule has 0 saturated heterocycles. The average molecular weight is 255 g/mol. The summed E-state index contributed by atoms with van der Waals surface area (Å²) in [6, 6.07) is 0. The van der Waals surface area contributed by atoms with Gasteiger partial charge in [-0.2, -0.15) is 0 Å². The van der Waals surface area contributed by atoms with E-state index in [1.807, 2.05) is 0 Å². The summed E-state index contributed by atoms with van der Waals surface area (Å²) in [4.78, 5) is 0. The molecule has 2 rings (SSSR count). The fraction of sp³-hybridized carbons (Fsp3) is 1.00. The molecule has 0 aromatic rings. The van der Waals surface area contributed by atoms with E-state index in [4.69, 9.17) is 4.74 Å². The van der Waals surface area contributed by atoms with Gasteiger partial charge >= 0.3 is 0 Å². The maximum atomic E-state index is 9.84. The van der Waals surface area contributed by atoms with Crippen LogP contribution in [-0.4, -0.2) is 37.0 Å². The van der Waals surface area contributed by atoms with E-state index in [1.54, 1.807) is 0 Å². The second kappa shape index (κ2) is 6.88. The number of ether oxygens (including phenoxy) is 1. The number of aliphatic hydroxyl groups excluding tert-OH is 1. The minimum atomic E-state index is -0.349. The summed E-state index contributed by atoms with van der Waals surface area (Å²) in [7, 11) is 0. The van der Waals surface area contributed by atoms with E-state index >= 15 is 0 Å². The Kier molecular flexibility index (Phi) is 5.46. The second-order valence-corrected chi connectivity index (χ2v) is 6.50. The molecule has 0 aromatic heterocycles. The maximum Gasteiger partial charge on any atom is 0.0897 e. The van der Waals surface area contributed by atoms with Crippen molar-refractivity contribution in [2.75, 3.05) is 19.7 Å². The van der Waals surface area contributed by atoms with E-state index in [2.05, 4.69) is 19.2 Å². The van der Waals surface area contributed by atoms with Gasteiger partial charge in [-0.1, -0.05) is 13.8 Å². The Morgan fingerprint density at radius 1 is 1.22 bits per heavy atom. The Bertz CT molecular complexity index is 239. The molecule has 2 aliphatic carbocycles. The zero-order valence-corrected chi connectivity index (χ0v) is 11.9. The normalized spacial score (nSPS) is 37.5. The van der Waals surface area contributed by atoms with Crippen molar-refractivity contribution in [3.63, 3.8) is 0 Å². The van der Waals surface area contributed by atoms with Crippen LogP contribution in [0.25, 0.3) is 0 Å². The minimum absolute atomic E-state index is 0.349. The van der Waals surface area contributed by atoms with Crippen LogP contribution in [0, 0.1) is 17.8 Å². The highest BCUT2D eigenvalue weighted by Gasteiger charge is 2.31. The van der Waals surface area contributed by atoms with Gasteiger partial charge in [-0.05, 0) is 56.4 Å². The molecule has 0 aromatic carbocycles. The molecule has 3 unspecified atom stereocenters. The SMILES string of the molecule is CC1CCC(OCC(O)CNCC2CC2C)CC1. The summed E-state index contributed by atoms with van der Waals surface area (Å²) < 4.78 is 5.80. The monoisotopic (exact) mass is 255 g/mol. The third-order valence-electron chi connectivity index (χ3n) is 4.55. The minimum Gasteiger partial charge on any atom is -0.389 e. The van der Waals surface area contributed by atoms with Crippen LogP contribution in [-0.2, 0) is 4.74 Å². The van der Waals surface area contributed by atoms with Crippen LogP contribution in [0.15, 0.2) is 0 Å². The molecule has 3 heteroatoms. The molecule has 0 aliphatic heterocycles. The molecule has 0 bridgehead atoms. The summed E-state index contributed by atoms with van der Waals surface area (Å²) in [5, 5.41) is 13.2. The van der Waals surface area contributed by atoms with Crippen LogP contribution in [0.5, 0.6) is 0 Å². The number of hydrogen-bond donors (Lipinski definition) is 2. The molecule has 3 atom stereocenters. The molecule has 0 spiro atoms. The lowest BCUT2D eigenvalue weighted by Crippen LogP contribution is -2.33. The van der Waals surface area contributed by atoms with E-state index in [1.165, 1.54) is 32.1 Å². The van der Waals surface area contributed by atoms with Crippen molar-refractivity contribution in [2.24, 2.45) is 17.8 Å². The van der Waals surface area contributed by atoms with Crippen molar-refractivity contribution in [3.8, 4) is 0 Å². The predicted octanol–water partition coefficient (Wildman–Crippen LogP) is 2.19. The smallest absolute Gasteiger partial charge is 0.0897 e. The molecular formula is C15H29NO2. The van der Waals surface area contributed by atoms with E-state index in [-0.39, 0.29) is 6.10 Å². The van der Waals surface area contributed by atoms with Gasteiger partial charge in [-0.3, -0.25) is 0 Å². The van der Waals surface area contributed by atoms with Crippen LogP contribution in [0.4, 0.5) is 0 Å². The lowest BCUT2D eigenvalue weighted by atomic mass is 9.89. The van der Waals surface area contributed by atoms with E-state index in [9.17, 15) is 5.11 Å². The zero-order valence-electron chi connectivity index (χ0n) is 11.9. The van der Waals surface area contributed by atoms with E-state index < -0.39 is 0 Å². The Hall–Kier alpha value is -0.120. The van der Waals surface area contributed by atoms with Gasteiger partial charge in [0.2, 0.25) is 0 Å². The highest BCUT2D eigenvalue weighted by atomic mass is 16.5. The summed E-state index contributed by atoms with van der Waals surface area (Å²) in [6.45, 7) is 6.82. The number of nitrogens with one attached hydrogen (secondary N) is 1. The molecule has 18 heavy (non-hydrogen) atoms. The number of rotatable bonds is 7. The van der Waals surface area contributed by atoms with Gasteiger partial charge in [0.25, 0.3) is 0 Å². The number of aliphatic hydroxyl groups is 1. The van der Waals surface area contributed by atoms with Crippen molar-refractivity contribution in [2.45, 2.75) is 58.2 Å². The van der Waals surface area contributed by atoms with Crippen LogP contribution < -0.4 is 5.32 Å². The van der Waals surface area contributed by atoms with Crippen molar-refractivity contribution >= 4 is 0 Å². The van der Waals surface area contributed by atoms with Gasteiger partial charge in [0.15, 0.2) is 0 Å². The third-order valence-corrected chi connectivity index (χ3v) is 4.55. The standard InChI is InChI=1S/C15H29NO2/c1-11-3-5-15(6-4-11)18-10-14(17)9-16-8-13-7-12(13)2/h11-17H,3-10H2,1-2H3. The van der Waals surface area contributed by atoms with Crippen LogP contribution in [0.3, 0.4) is 0 Å². The molecule has 2 N–H and O–H groups in total. The molecular weight excluding hydrogens is 226 g/mol. The first-order valence-corrected chi connectivity index (χ1v) is 7.65. The van der Waals surface area contributed by atoms with Gasteiger partial charge < -0.3 is 15.2 Å². The number of hydrogen-bond acceptors (Lipinski definition) is 3. The maximum absolute atomic E-state index is 9.84. The first-order chi connectivity index (χ1) is 8.65. The topological polar surface area (TPSA) is 41.5 Å². The summed E-state index contributed by atoms with van der Waals surface area (Å²) in [5.74, 6) is 2.59. The van der Waals surface area contributed by atoms with Crippen LogP contribution in [0.1, 0.15) is 46.0 Å². The van der Waals surface area contributed by atoms with Crippen molar-refractivity contribution < 1.29 is 9.84 Å². The molecule has 3 nitrogen and oxygen atoms in total. The first-order valence-electron chi connectivity index (χ1n) is 7.65. The van der Waals surface area contributed by atoms with Gasteiger partial charge in [0, 0.05) is 6.54 Å². The predicted molar refractivity (Wildman–Crippen MR) is 73.5 cm³/mol. The van der Waals surface area contributed by atoms with Crippen molar-refractivity contribution in [1.82, 2.24) is 5.32 Å². The first kappa shape index (κ1) is 14.3. The van der Waals surface area contributed by atoms with Crippen LogP contribution in [0.2, 0.25) is 0 Å². The van der Waals surface area contributed by atoms with E-state index in [0.717, 1.165) is 24.3 Å². The van der Waals surface area contributed by atoms with Crippen molar-refractivity contribution in [1.29, 1.82) is 0 Å². The molecule has 106 valence electrons. The highest BCUT2D eigenvalue weighted by molar-refractivity contribution is 4.84. The average Bonchev–Trinajstić information content (AvgIpc) is 3.05. The van der Waals surface area contributed by atoms with Crippen molar-refractivity contribution in [3.05, 3.63) is 0 Å². The lowest BCUT2D eigenvalue weighted by Gasteiger charge is -2.27. The van der Waals surface area contributed by atoms with Gasteiger partial charge in [0.05, 0.1) is 18.8 Å². The Balaban J connectivity index is 1.47. The summed E-state index contributed by atoms with van der Waals surface area (Å²) in [6.07, 6.45) is 6.27. The summed E-state index contributed by atoms with van der Waals surface area (Å²) in [5.41, 5.74) is 0. The van der Waals surface area contributed by atoms with Gasteiger partial charge in [-0.15, -0.1) is 0 Å². The Morgan fingerprint density at radius 2 is 1.89 bits per heavy atom. The third kappa shape index (κ3) is 4.87.